The van der Waals surface area contributed by atoms with Crippen LogP contribution in [0.1, 0.15) is 46.6 Å². The van der Waals surface area contributed by atoms with Crippen LogP contribution in [0.5, 0.6) is 0 Å². The Kier molecular flexibility index (Phi) is 12.2. The lowest BCUT2D eigenvalue weighted by atomic mass is 9.77. The second kappa shape index (κ2) is 16.0. The van der Waals surface area contributed by atoms with Crippen molar-refractivity contribution < 1.29 is 81.6 Å². The van der Waals surface area contributed by atoms with Crippen molar-refractivity contribution in [2.45, 2.75) is 95.3 Å². The Morgan fingerprint density at radius 1 is 0.843 bits per heavy atom. The predicted octanol–water partition coefficient (Wildman–Crippen LogP) is 0.627. The first-order chi connectivity index (χ1) is 24.0. The molecular weight excluding hydrogens is 680 g/mol. The SMILES string of the molecule is COC(=O)C1=CO[C@@H](O[C@H]2O[C@H](COC(C)=O)[C@@H](OC(C)=O)[C@H](OC(C)=O)[C@H]2OC(C)=O)[C@@H]2[C@@](C)(O)[C@@H](OC(=O)C=Cc3ccccc3)C[C@]12O. The lowest BCUT2D eigenvalue weighted by molar-refractivity contribution is -0.353. The molecule has 2 fully saturated rings. The van der Waals surface area contributed by atoms with Gasteiger partial charge < -0.3 is 52.8 Å². The summed E-state index contributed by atoms with van der Waals surface area (Å²) in [5.74, 6) is -6.94. The summed E-state index contributed by atoms with van der Waals surface area (Å²) in [4.78, 5) is 74.1. The van der Waals surface area contributed by atoms with Crippen molar-refractivity contribution in [2.75, 3.05) is 13.7 Å². The van der Waals surface area contributed by atoms with Gasteiger partial charge in [-0.2, -0.15) is 0 Å². The average molecular weight is 721 g/mol. The molecule has 51 heavy (non-hydrogen) atoms. The number of hydrogen-bond donors (Lipinski definition) is 2. The molecule has 0 unspecified atom stereocenters. The smallest absolute Gasteiger partial charge is 0.339 e. The molecule has 10 atom stereocenters. The number of hydrogen-bond acceptors (Lipinski definition) is 17. The number of esters is 6. The summed E-state index contributed by atoms with van der Waals surface area (Å²) in [5, 5.41) is 24.0. The molecule has 0 radical (unpaired) electrons. The highest BCUT2D eigenvalue weighted by atomic mass is 16.8. The summed E-state index contributed by atoms with van der Waals surface area (Å²) in [6, 6.07) is 8.81. The molecule has 1 saturated carbocycles. The van der Waals surface area contributed by atoms with Crippen LogP contribution in [0.25, 0.3) is 6.08 Å². The minimum Gasteiger partial charge on any atom is -0.471 e. The molecule has 2 aliphatic heterocycles. The van der Waals surface area contributed by atoms with Crippen LogP contribution in [0.3, 0.4) is 0 Å². The number of benzene rings is 1. The lowest BCUT2D eigenvalue weighted by Gasteiger charge is -2.47. The predicted molar refractivity (Wildman–Crippen MR) is 167 cm³/mol. The third-order valence-corrected chi connectivity index (χ3v) is 8.44. The van der Waals surface area contributed by atoms with Crippen LogP contribution in [0.2, 0.25) is 0 Å². The van der Waals surface area contributed by atoms with Gasteiger partial charge in [-0.15, -0.1) is 0 Å². The third-order valence-electron chi connectivity index (χ3n) is 8.44. The van der Waals surface area contributed by atoms with Gasteiger partial charge in [0.2, 0.25) is 12.6 Å². The third kappa shape index (κ3) is 8.91. The second-order valence-electron chi connectivity index (χ2n) is 12.2. The molecule has 278 valence electrons. The van der Waals surface area contributed by atoms with Crippen molar-refractivity contribution in [3.8, 4) is 0 Å². The van der Waals surface area contributed by atoms with E-state index in [0.29, 0.717) is 5.56 Å². The van der Waals surface area contributed by atoms with Gasteiger partial charge in [-0.1, -0.05) is 30.3 Å². The van der Waals surface area contributed by atoms with Crippen LogP contribution in [0, 0.1) is 5.92 Å². The molecule has 1 aliphatic carbocycles. The minimum atomic E-state index is -2.31. The highest BCUT2D eigenvalue weighted by Gasteiger charge is 2.69. The molecular formula is C34H40O17. The number of carbonyl (C=O) groups is 6. The standard InChI is InChI=1S/C34H40O17/c1-17(35)44-16-23-26(46-18(2)36)27(47-19(3)37)28(48-20(4)38)31(49-23)51-32-29-33(5,41)24(14-34(29,42)22(15-45-32)30(40)43-6)50-25(39)13-12-21-10-8-7-9-11-21/h7-13,15,23-24,26-29,31-32,41-42H,14,16H2,1-6H3/t23-,24+,26-,27+,28-,29-,31-,32+,33+,34+/m1/s1. The molecule has 1 saturated heterocycles. The largest absolute Gasteiger partial charge is 0.471 e. The zero-order chi connectivity index (χ0) is 37.7. The van der Waals surface area contributed by atoms with Gasteiger partial charge in [0.15, 0.2) is 18.3 Å². The molecule has 17 nitrogen and oxygen atoms in total. The van der Waals surface area contributed by atoms with Gasteiger partial charge in [-0.05, 0) is 18.6 Å². The highest BCUT2D eigenvalue weighted by molar-refractivity contribution is 5.91. The van der Waals surface area contributed by atoms with Crippen LogP contribution in [0.4, 0.5) is 0 Å². The van der Waals surface area contributed by atoms with Crippen LogP contribution < -0.4 is 0 Å². The van der Waals surface area contributed by atoms with Crippen molar-refractivity contribution >= 4 is 41.9 Å². The van der Waals surface area contributed by atoms with E-state index in [1.54, 1.807) is 30.3 Å². The van der Waals surface area contributed by atoms with Gasteiger partial charge in [-0.25, -0.2) is 9.59 Å². The number of carbonyl (C=O) groups excluding carboxylic acids is 6. The number of methoxy groups -OCH3 is 1. The number of rotatable bonds is 11. The maximum atomic E-state index is 12.9. The van der Waals surface area contributed by atoms with E-state index in [9.17, 15) is 39.0 Å². The van der Waals surface area contributed by atoms with Crippen LogP contribution in [-0.2, 0) is 71.4 Å². The Hall–Kier alpha value is -4.84. The topological polar surface area (TPSA) is 226 Å². The van der Waals surface area contributed by atoms with E-state index in [2.05, 4.69) is 0 Å². The molecule has 1 aromatic carbocycles. The van der Waals surface area contributed by atoms with E-state index in [1.807, 2.05) is 0 Å². The first-order valence-corrected chi connectivity index (χ1v) is 15.8. The Balaban J connectivity index is 1.72. The van der Waals surface area contributed by atoms with E-state index >= 15 is 0 Å². The van der Waals surface area contributed by atoms with Crippen molar-refractivity contribution in [3.05, 3.63) is 53.8 Å². The molecule has 2 N–H and O–H groups in total. The number of aliphatic hydroxyl groups is 2. The summed E-state index contributed by atoms with van der Waals surface area (Å²) in [6.45, 7) is 4.89. The summed E-state index contributed by atoms with van der Waals surface area (Å²) in [6.07, 6.45) is -8.28. The van der Waals surface area contributed by atoms with E-state index in [1.165, 1.54) is 13.0 Å². The Morgan fingerprint density at radius 2 is 1.45 bits per heavy atom. The Bertz CT molecular complexity index is 1550. The first kappa shape index (κ1) is 39.0. The van der Waals surface area contributed by atoms with Gasteiger partial charge in [0, 0.05) is 40.2 Å². The van der Waals surface area contributed by atoms with Crippen LogP contribution in [-0.4, -0.2) is 114 Å². The van der Waals surface area contributed by atoms with E-state index in [-0.39, 0.29) is 0 Å². The average Bonchev–Trinajstić information content (AvgIpc) is 3.25. The molecule has 4 rings (SSSR count). The van der Waals surface area contributed by atoms with E-state index in [4.69, 9.17) is 42.6 Å². The second-order valence-corrected chi connectivity index (χ2v) is 12.2. The van der Waals surface area contributed by atoms with Crippen LogP contribution in [0.15, 0.2) is 48.2 Å². The van der Waals surface area contributed by atoms with Crippen molar-refractivity contribution in [3.63, 3.8) is 0 Å². The fourth-order valence-corrected chi connectivity index (χ4v) is 6.34. The molecule has 17 heteroatoms. The van der Waals surface area contributed by atoms with Gasteiger partial charge in [0.05, 0.1) is 19.3 Å². The molecule has 1 aromatic rings. The quantitative estimate of drug-likeness (QED) is 0.182. The zero-order valence-corrected chi connectivity index (χ0v) is 28.7. The van der Waals surface area contributed by atoms with E-state index in [0.717, 1.165) is 47.1 Å². The number of fused-ring (bicyclic) bond motifs is 1. The Morgan fingerprint density at radius 3 is 2.04 bits per heavy atom. The van der Waals surface area contributed by atoms with Gasteiger partial charge >= 0.3 is 35.8 Å². The van der Waals surface area contributed by atoms with Crippen molar-refractivity contribution in [2.24, 2.45) is 5.92 Å². The van der Waals surface area contributed by atoms with Gasteiger partial charge in [-0.3, -0.25) is 19.2 Å². The highest BCUT2D eigenvalue weighted by Crippen LogP contribution is 2.53. The fourth-order valence-electron chi connectivity index (χ4n) is 6.34. The minimum absolute atomic E-state index is 0.435. The monoisotopic (exact) mass is 720 g/mol. The maximum Gasteiger partial charge on any atom is 0.339 e. The number of ether oxygens (including phenoxy) is 9. The van der Waals surface area contributed by atoms with Gasteiger partial charge in [0.1, 0.15) is 35.6 Å². The molecule has 0 aromatic heterocycles. The molecule has 0 bridgehead atoms. The van der Waals surface area contributed by atoms with Crippen molar-refractivity contribution in [1.29, 1.82) is 0 Å². The maximum absolute atomic E-state index is 12.9. The van der Waals surface area contributed by atoms with E-state index < -0.39 is 115 Å². The molecule has 2 heterocycles. The summed E-state index contributed by atoms with van der Waals surface area (Å²) >= 11 is 0. The van der Waals surface area contributed by atoms with Gasteiger partial charge in [0.25, 0.3) is 0 Å². The molecule has 0 amide bonds. The summed E-state index contributed by atoms with van der Waals surface area (Å²) < 4.78 is 49.6. The lowest BCUT2D eigenvalue weighted by Crippen LogP contribution is -2.65. The van der Waals surface area contributed by atoms with Crippen LogP contribution >= 0.6 is 0 Å². The zero-order valence-electron chi connectivity index (χ0n) is 28.7. The molecule has 0 spiro atoms. The van der Waals surface area contributed by atoms with Crippen molar-refractivity contribution in [1.82, 2.24) is 0 Å². The summed E-state index contributed by atoms with van der Waals surface area (Å²) in [5.41, 5.74) is -4.26. The normalized spacial score (nSPS) is 32.7. The fraction of sp³-hybridized carbons (Fsp3) is 0.529. The molecule has 3 aliphatic rings. The Labute approximate surface area is 292 Å². The first-order valence-electron chi connectivity index (χ1n) is 15.8. The summed E-state index contributed by atoms with van der Waals surface area (Å²) in [7, 11) is 1.06.